The Morgan fingerprint density at radius 1 is 1.22 bits per heavy atom. The first-order valence-electron chi connectivity index (χ1n) is 5.64. The van der Waals surface area contributed by atoms with Gasteiger partial charge in [0.05, 0.1) is 5.69 Å². The van der Waals surface area contributed by atoms with Gasteiger partial charge in [0.15, 0.2) is 0 Å². The highest BCUT2D eigenvalue weighted by Gasteiger charge is 2.09. The highest BCUT2D eigenvalue weighted by Crippen LogP contribution is 2.25. The summed E-state index contributed by atoms with van der Waals surface area (Å²) in [6.45, 7) is 0. The number of carboxylic acids is 1. The molecule has 2 N–H and O–H groups in total. The molecule has 0 spiro atoms. The lowest BCUT2D eigenvalue weighted by Crippen LogP contribution is -2.11. The van der Waals surface area contributed by atoms with Crippen LogP contribution in [0.2, 0.25) is 0 Å². The number of hydrogen-bond acceptors (Lipinski definition) is 3. The first kappa shape index (κ1) is 12.2. The maximum absolute atomic E-state index is 11.6. The normalized spacial score (nSPS) is 10.4. The minimum absolute atomic E-state index is 0.000442. The largest absolute Gasteiger partial charge is 0.481 e. The van der Waals surface area contributed by atoms with Gasteiger partial charge in [0.25, 0.3) is 0 Å². The molecule has 5 nitrogen and oxygen atoms in total. The zero-order chi connectivity index (χ0) is 13.0. The number of benzene rings is 1. The number of rotatable bonds is 5. The average Bonchev–Trinajstić information content (AvgIpc) is 2.72. The summed E-state index contributed by atoms with van der Waals surface area (Å²) >= 11 is 0. The number of carboxylic acid groups (broad SMARTS) is 1. The first-order valence-corrected chi connectivity index (χ1v) is 5.64. The van der Waals surface area contributed by atoms with E-state index in [1.54, 1.807) is 0 Å². The summed E-state index contributed by atoms with van der Waals surface area (Å²) in [5.74, 6) is -1.10. The van der Waals surface area contributed by atoms with Gasteiger partial charge in [-0.2, -0.15) is 0 Å². The lowest BCUT2D eigenvalue weighted by Gasteiger charge is -2.01. The van der Waals surface area contributed by atoms with E-state index in [2.05, 4.69) is 5.32 Å². The van der Waals surface area contributed by atoms with Crippen LogP contribution in [-0.4, -0.2) is 17.0 Å². The van der Waals surface area contributed by atoms with Crippen molar-refractivity contribution in [2.75, 3.05) is 5.32 Å². The van der Waals surface area contributed by atoms with Crippen LogP contribution in [0.1, 0.15) is 19.3 Å². The van der Waals surface area contributed by atoms with Crippen molar-refractivity contribution < 1.29 is 19.1 Å². The van der Waals surface area contributed by atoms with E-state index in [0.29, 0.717) is 17.7 Å². The Kier molecular flexibility index (Phi) is 3.62. The second-order valence-corrected chi connectivity index (χ2v) is 3.94. The molecule has 0 aliphatic rings. The molecule has 0 aliphatic heterocycles. The van der Waals surface area contributed by atoms with E-state index < -0.39 is 5.97 Å². The maximum atomic E-state index is 11.6. The van der Waals surface area contributed by atoms with Crippen molar-refractivity contribution in [2.45, 2.75) is 19.3 Å². The minimum atomic E-state index is -0.892. The number of furan rings is 1. The summed E-state index contributed by atoms with van der Waals surface area (Å²) in [5, 5.41) is 12.0. The molecule has 94 valence electrons. The Hall–Kier alpha value is -2.30. The summed E-state index contributed by atoms with van der Waals surface area (Å²) in [6.07, 6.45) is 2.00. The number of carbonyl (C=O) groups is 2. The highest BCUT2D eigenvalue weighted by atomic mass is 16.4. The summed E-state index contributed by atoms with van der Waals surface area (Å²) < 4.78 is 5.28. The van der Waals surface area contributed by atoms with Crippen LogP contribution in [0.15, 0.2) is 34.9 Å². The van der Waals surface area contributed by atoms with Crippen molar-refractivity contribution in [3.8, 4) is 0 Å². The molecule has 0 saturated heterocycles. The Morgan fingerprint density at radius 2 is 2.00 bits per heavy atom. The van der Waals surface area contributed by atoms with Crippen molar-refractivity contribution in [2.24, 2.45) is 0 Å². The van der Waals surface area contributed by atoms with Gasteiger partial charge in [0.1, 0.15) is 11.8 Å². The van der Waals surface area contributed by atoms with Crippen molar-refractivity contribution in [1.29, 1.82) is 0 Å². The van der Waals surface area contributed by atoms with Crippen molar-refractivity contribution in [3.05, 3.63) is 30.5 Å². The molecule has 1 aromatic carbocycles. The zero-order valence-corrected chi connectivity index (χ0v) is 9.68. The molecule has 0 saturated carbocycles. The molecule has 1 heterocycles. The van der Waals surface area contributed by atoms with Crippen molar-refractivity contribution in [3.63, 3.8) is 0 Å². The van der Waals surface area contributed by atoms with E-state index in [-0.39, 0.29) is 18.7 Å². The van der Waals surface area contributed by atoms with Gasteiger partial charge in [-0.05, 0) is 18.6 Å². The third kappa shape index (κ3) is 2.88. The van der Waals surface area contributed by atoms with Crippen molar-refractivity contribution >= 4 is 28.5 Å². The Balaban J connectivity index is 1.97. The Labute approximate surface area is 103 Å². The van der Waals surface area contributed by atoms with Crippen LogP contribution in [0.25, 0.3) is 11.0 Å². The average molecular weight is 247 g/mol. The van der Waals surface area contributed by atoms with E-state index in [9.17, 15) is 9.59 Å². The zero-order valence-electron chi connectivity index (χ0n) is 9.68. The van der Waals surface area contributed by atoms with E-state index in [0.717, 1.165) is 5.39 Å². The molecule has 0 fully saturated rings. The third-order valence-electron chi connectivity index (χ3n) is 2.55. The lowest BCUT2D eigenvalue weighted by molar-refractivity contribution is -0.137. The topological polar surface area (TPSA) is 79.5 Å². The van der Waals surface area contributed by atoms with Gasteiger partial charge in [0, 0.05) is 18.2 Å². The molecule has 0 radical (unpaired) electrons. The smallest absolute Gasteiger partial charge is 0.303 e. The third-order valence-corrected chi connectivity index (χ3v) is 2.55. The number of nitrogens with one attached hydrogen (secondary N) is 1. The second kappa shape index (κ2) is 5.35. The van der Waals surface area contributed by atoms with Crippen LogP contribution in [0.4, 0.5) is 5.69 Å². The van der Waals surface area contributed by atoms with Gasteiger partial charge in [-0.25, -0.2) is 0 Å². The number of anilines is 1. The second-order valence-electron chi connectivity index (χ2n) is 3.94. The number of fused-ring (bicyclic) bond motifs is 1. The fraction of sp³-hybridized carbons (Fsp3) is 0.231. The van der Waals surface area contributed by atoms with E-state index in [4.69, 9.17) is 9.52 Å². The first-order chi connectivity index (χ1) is 8.66. The van der Waals surface area contributed by atoms with Gasteiger partial charge in [0.2, 0.25) is 5.91 Å². The Morgan fingerprint density at radius 3 is 2.78 bits per heavy atom. The molecule has 0 atom stereocenters. The number of amides is 1. The molecule has 2 rings (SSSR count). The molecular weight excluding hydrogens is 234 g/mol. The van der Waals surface area contributed by atoms with Gasteiger partial charge < -0.3 is 14.8 Å². The summed E-state index contributed by atoms with van der Waals surface area (Å²) in [5.41, 5.74) is 1.32. The molecule has 1 aromatic heterocycles. The SMILES string of the molecule is O=C(O)CCCC(=O)Nc1coc2ccccc12. The fourth-order valence-electron chi connectivity index (χ4n) is 1.69. The lowest BCUT2D eigenvalue weighted by atomic mass is 10.2. The summed E-state index contributed by atoms with van der Waals surface area (Å²) in [7, 11) is 0. The molecule has 0 bridgehead atoms. The molecule has 2 aromatic rings. The van der Waals surface area contributed by atoms with Crippen LogP contribution in [0.5, 0.6) is 0 Å². The standard InChI is InChI=1S/C13H13NO4/c15-12(6-3-7-13(16)17)14-10-8-18-11-5-2-1-4-9(10)11/h1-2,4-5,8H,3,6-7H2,(H,14,15)(H,16,17). The highest BCUT2D eigenvalue weighted by molar-refractivity contribution is 6.00. The van der Waals surface area contributed by atoms with Crippen molar-refractivity contribution in [1.82, 2.24) is 0 Å². The van der Waals surface area contributed by atoms with Crippen LogP contribution >= 0.6 is 0 Å². The Bertz CT molecular complexity index is 573. The predicted molar refractivity (Wildman–Crippen MR) is 66.3 cm³/mol. The van der Waals surface area contributed by atoms with Gasteiger partial charge >= 0.3 is 5.97 Å². The molecule has 5 heteroatoms. The molecule has 0 unspecified atom stereocenters. The van der Waals surface area contributed by atoms with Crippen LogP contribution in [0.3, 0.4) is 0 Å². The molecule has 1 amide bonds. The predicted octanol–water partition coefficient (Wildman–Crippen LogP) is 2.63. The van der Waals surface area contributed by atoms with Crippen LogP contribution in [0, 0.1) is 0 Å². The van der Waals surface area contributed by atoms with E-state index >= 15 is 0 Å². The van der Waals surface area contributed by atoms with Crippen LogP contribution < -0.4 is 5.32 Å². The van der Waals surface area contributed by atoms with E-state index in [1.807, 2.05) is 24.3 Å². The monoisotopic (exact) mass is 247 g/mol. The summed E-state index contributed by atoms with van der Waals surface area (Å²) in [4.78, 5) is 21.9. The number of aliphatic carboxylic acids is 1. The maximum Gasteiger partial charge on any atom is 0.303 e. The van der Waals surface area contributed by atoms with Gasteiger partial charge in [-0.15, -0.1) is 0 Å². The molecule has 18 heavy (non-hydrogen) atoms. The minimum Gasteiger partial charge on any atom is -0.481 e. The van der Waals surface area contributed by atoms with Gasteiger partial charge in [-0.1, -0.05) is 12.1 Å². The molecular formula is C13H13NO4. The fourth-order valence-corrected chi connectivity index (χ4v) is 1.69. The quantitative estimate of drug-likeness (QED) is 0.851. The van der Waals surface area contributed by atoms with Gasteiger partial charge in [-0.3, -0.25) is 9.59 Å². The number of carbonyl (C=O) groups excluding carboxylic acids is 1. The van der Waals surface area contributed by atoms with E-state index in [1.165, 1.54) is 6.26 Å². The van der Waals surface area contributed by atoms with Crippen LogP contribution in [-0.2, 0) is 9.59 Å². The summed E-state index contributed by atoms with van der Waals surface area (Å²) in [6, 6.07) is 7.38. The number of hydrogen-bond donors (Lipinski definition) is 2. The number of para-hydroxylation sites is 1. The molecule has 0 aliphatic carbocycles.